The number of aryl methyl sites for hydroxylation is 1. The number of H-pyrrole nitrogens is 1. The summed E-state index contributed by atoms with van der Waals surface area (Å²) in [7, 11) is 0. The Morgan fingerprint density at radius 2 is 2.18 bits per heavy atom. The Bertz CT molecular complexity index is 776. The van der Waals surface area contributed by atoms with Crippen molar-refractivity contribution in [2.75, 3.05) is 11.1 Å². The van der Waals surface area contributed by atoms with Gasteiger partial charge in [-0.2, -0.15) is 4.98 Å². The monoisotopic (exact) mass is 335 g/mol. The number of amides is 1. The van der Waals surface area contributed by atoms with Crippen LogP contribution < -0.4 is 11.0 Å². The van der Waals surface area contributed by atoms with Crippen molar-refractivity contribution >= 4 is 35.0 Å². The van der Waals surface area contributed by atoms with Crippen LogP contribution in [0.2, 0.25) is 5.02 Å². The van der Waals surface area contributed by atoms with Crippen molar-refractivity contribution in [2.24, 2.45) is 0 Å². The standard InChI is InChI=1S/C15H14ClN3O2S/c16-10-5-1-2-6-12(10)17-13(20)8-22-14-9-4-3-7-11(9)18-15(21)19-14/h1-2,5-6H,3-4,7-8H2,(H,17,20)(H,18,19,21). The van der Waals surface area contributed by atoms with E-state index in [9.17, 15) is 9.59 Å². The topological polar surface area (TPSA) is 74.8 Å². The second kappa shape index (κ2) is 6.54. The van der Waals surface area contributed by atoms with E-state index in [0.29, 0.717) is 15.7 Å². The van der Waals surface area contributed by atoms with Gasteiger partial charge in [-0.05, 0) is 31.4 Å². The summed E-state index contributed by atoms with van der Waals surface area (Å²) in [5.74, 6) is 0.0145. The number of hydrogen-bond donors (Lipinski definition) is 2. The summed E-state index contributed by atoms with van der Waals surface area (Å²) >= 11 is 7.29. The third-order valence-electron chi connectivity index (χ3n) is 3.42. The first-order valence-corrected chi connectivity index (χ1v) is 8.29. The molecule has 22 heavy (non-hydrogen) atoms. The van der Waals surface area contributed by atoms with Gasteiger partial charge in [0.05, 0.1) is 16.5 Å². The number of para-hydroxylation sites is 1. The molecule has 0 saturated heterocycles. The minimum Gasteiger partial charge on any atom is -0.324 e. The molecule has 0 saturated carbocycles. The van der Waals surface area contributed by atoms with Gasteiger partial charge in [-0.3, -0.25) is 4.79 Å². The fraction of sp³-hybridized carbons (Fsp3) is 0.267. The number of nitrogens with zero attached hydrogens (tertiary/aromatic N) is 1. The average molecular weight is 336 g/mol. The Labute approximate surface area is 136 Å². The zero-order valence-electron chi connectivity index (χ0n) is 11.7. The number of carbonyl (C=O) groups excluding carboxylic acids is 1. The van der Waals surface area contributed by atoms with Crippen LogP contribution in [0.1, 0.15) is 17.7 Å². The van der Waals surface area contributed by atoms with E-state index in [0.717, 1.165) is 30.5 Å². The molecule has 0 unspecified atom stereocenters. The number of aromatic nitrogens is 2. The van der Waals surface area contributed by atoms with Crippen molar-refractivity contribution in [3.63, 3.8) is 0 Å². The van der Waals surface area contributed by atoms with Gasteiger partial charge < -0.3 is 10.3 Å². The first-order valence-electron chi connectivity index (χ1n) is 6.93. The normalized spacial score (nSPS) is 13.0. The number of hydrogen-bond acceptors (Lipinski definition) is 4. The number of aromatic amines is 1. The van der Waals surface area contributed by atoms with Gasteiger partial charge in [0, 0.05) is 11.3 Å². The lowest BCUT2D eigenvalue weighted by molar-refractivity contribution is -0.113. The lowest BCUT2D eigenvalue weighted by atomic mass is 10.3. The predicted molar refractivity (Wildman–Crippen MR) is 87.7 cm³/mol. The van der Waals surface area contributed by atoms with E-state index in [2.05, 4.69) is 15.3 Å². The van der Waals surface area contributed by atoms with E-state index in [1.54, 1.807) is 24.3 Å². The van der Waals surface area contributed by atoms with Crippen LogP contribution in [-0.4, -0.2) is 21.6 Å². The molecule has 2 N–H and O–H groups in total. The minimum atomic E-state index is -0.352. The van der Waals surface area contributed by atoms with Crippen molar-refractivity contribution in [1.29, 1.82) is 0 Å². The Kier molecular flexibility index (Phi) is 4.49. The maximum Gasteiger partial charge on any atom is 0.346 e. The summed E-state index contributed by atoms with van der Waals surface area (Å²) in [5.41, 5.74) is 2.25. The lowest BCUT2D eigenvalue weighted by Crippen LogP contribution is -2.17. The van der Waals surface area contributed by atoms with Crippen LogP contribution in [0.4, 0.5) is 5.69 Å². The van der Waals surface area contributed by atoms with E-state index in [1.165, 1.54) is 11.8 Å². The molecule has 2 aromatic rings. The van der Waals surface area contributed by atoms with Crippen LogP contribution in [0.25, 0.3) is 0 Å². The van der Waals surface area contributed by atoms with E-state index in [1.807, 2.05) is 0 Å². The summed E-state index contributed by atoms with van der Waals surface area (Å²) in [5, 5.41) is 3.91. The number of fused-ring (bicyclic) bond motifs is 1. The van der Waals surface area contributed by atoms with Crippen LogP contribution in [0.15, 0.2) is 34.1 Å². The Hall–Kier alpha value is -1.79. The second-order valence-corrected chi connectivity index (χ2v) is 6.35. The van der Waals surface area contributed by atoms with Crippen LogP contribution in [0.3, 0.4) is 0 Å². The molecule has 1 aromatic carbocycles. The zero-order valence-corrected chi connectivity index (χ0v) is 13.3. The number of anilines is 1. The van der Waals surface area contributed by atoms with Crippen molar-refractivity contribution < 1.29 is 4.79 Å². The van der Waals surface area contributed by atoms with Crippen LogP contribution >= 0.6 is 23.4 Å². The second-order valence-electron chi connectivity index (χ2n) is 4.97. The van der Waals surface area contributed by atoms with Gasteiger partial charge in [-0.15, -0.1) is 0 Å². The van der Waals surface area contributed by atoms with Gasteiger partial charge in [-0.25, -0.2) is 4.79 Å². The molecule has 1 aliphatic carbocycles. The molecular weight excluding hydrogens is 322 g/mol. The molecule has 114 valence electrons. The molecule has 5 nitrogen and oxygen atoms in total. The highest BCUT2D eigenvalue weighted by Gasteiger charge is 2.18. The first-order chi connectivity index (χ1) is 10.6. The highest BCUT2D eigenvalue weighted by molar-refractivity contribution is 8.00. The van der Waals surface area contributed by atoms with Gasteiger partial charge in [0.2, 0.25) is 5.91 Å². The molecule has 0 aliphatic heterocycles. The lowest BCUT2D eigenvalue weighted by Gasteiger charge is -2.08. The fourth-order valence-electron chi connectivity index (χ4n) is 2.44. The maximum atomic E-state index is 12.0. The number of carbonyl (C=O) groups is 1. The number of halogens is 1. The van der Waals surface area contributed by atoms with Gasteiger partial charge in [0.1, 0.15) is 5.03 Å². The predicted octanol–water partition coefficient (Wildman–Crippen LogP) is 2.64. The quantitative estimate of drug-likeness (QED) is 0.665. The summed E-state index contributed by atoms with van der Waals surface area (Å²) < 4.78 is 0. The Balaban J connectivity index is 1.67. The van der Waals surface area contributed by atoms with Crippen LogP contribution in [0, 0.1) is 0 Å². The van der Waals surface area contributed by atoms with Crippen LogP contribution in [0.5, 0.6) is 0 Å². The number of benzene rings is 1. The van der Waals surface area contributed by atoms with E-state index in [4.69, 9.17) is 11.6 Å². The van der Waals surface area contributed by atoms with E-state index >= 15 is 0 Å². The van der Waals surface area contributed by atoms with Crippen molar-refractivity contribution in [3.05, 3.63) is 51.0 Å². The Morgan fingerprint density at radius 3 is 3.00 bits per heavy atom. The van der Waals surface area contributed by atoms with Crippen molar-refractivity contribution in [1.82, 2.24) is 9.97 Å². The molecular formula is C15H14ClN3O2S. The molecule has 3 rings (SSSR count). The molecule has 0 atom stereocenters. The smallest absolute Gasteiger partial charge is 0.324 e. The van der Waals surface area contributed by atoms with E-state index < -0.39 is 0 Å². The molecule has 7 heteroatoms. The summed E-state index contributed by atoms with van der Waals surface area (Å²) in [4.78, 5) is 30.3. The third-order valence-corrected chi connectivity index (χ3v) is 4.77. The van der Waals surface area contributed by atoms with Crippen molar-refractivity contribution in [3.8, 4) is 0 Å². The fourth-order valence-corrected chi connectivity index (χ4v) is 3.51. The first kappa shape index (κ1) is 15.1. The van der Waals surface area contributed by atoms with E-state index in [-0.39, 0.29) is 17.3 Å². The number of nitrogens with one attached hydrogen (secondary N) is 2. The third kappa shape index (κ3) is 3.34. The average Bonchev–Trinajstić information content (AvgIpc) is 2.95. The summed E-state index contributed by atoms with van der Waals surface area (Å²) in [6.07, 6.45) is 2.77. The SMILES string of the molecule is O=C(CSc1nc(=O)[nH]c2c1CCC2)Nc1ccccc1Cl. The van der Waals surface area contributed by atoms with Gasteiger partial charge >= 0.3 is 5.69 Å². The molecule has 0 bridgehead atoms. The Morgan fingerprint density at radius 1 is 1.36 bits per heavy atom. The van der Waals surface area contributed by atoms with Crippen molar-refractivity contribution in [2.45, 2.75) is 24.3 Å². The molecule has 0 fully saturated rings. The molecule has 1 aliphatic rings. The highest BCUT2D eigenvalue weighted by atomic mass is 35.5. The minimum absolute atomic E-state index is 0.174. The number of thioether (sulfide) groups is 1. The molecule has 1 heterocycles. The summed E-state index contributed by atoms with van der Waals surface area (Å²) in [6, 6.07) is 7.07. The zero-order chi connectivity index (χ0) is 15.5. The molecule has 1 aromatic heterocycles. The largest absolute Gasteiger partial charge is 0.346 e. The summed E-state index contributed by atoms with van der Waals surface area (Å²) in [6.45, 7) is 0. The van der Waals surface area contributed by atoms with Gasteiger partial charge in [-0.1, -0.05) is 35.5 Å². The number of rotatable bonds is 4. The molecule has 1 amide bonds. The van der Waals surface area contributed by atoms with Crippen LogP contribution in [-0.2, 0) is 17.6 Å². The van der Waals surface area contributed by atoms with Gasteiger partial charge in [0.25, 0.3) is 0 Å². The molecule has 0 radical (unpaired) electrons. The maximum absolute atomic E-state index is 12.0. The molecule has 0 spiro atoms. The highest BCUT2D eigenvalue weighted by Crippen LogP contribution is 2.28. The van der Waals surface area contributed by atoms with Gasteiger partial charge in [0.15, 0.2) is 0 Å².